The number of hydrogen-bond donors (Lipinski definition) is 1. The molecule has 1 N–H and O–H groups in total. The van der Waals surface area contributed by atoms with Gasteiger partial charge in [0, 0.05) is 6.54 Å². The van der Waals surface area contributed by atoms with E-state index in [2.05, 4.69) is 5.10 Å². The highest BCUT2D eigenvalue weighted by Crippen LogP contribution is 2.10. The van der Waals surface area contributed by atoms with Crippen molar-refractivity contribution in [2.75, 3.05) is 6.54 Å². The summed E-state index contributed by atoms with van der Waals surface area (Å²) in [7, 11) is 0. The maximum atomic E-state index is 11.2. The number of aliphatic carboxylic acids is 1. The average molecular weight is 184 g/mol. The van der Waals surface area contributed by atoms with Crippen molar-refractivity contribution in [2.45, 2.75) is 26.2 Å². The summed E-state index contributed by atoms with van der Waals surface area (Å²) >= 11 is 0. The lowest BCUT2D eigenvalue weighted by Crippen LogP contribution is -2.21. The van der Waals surface area contributed by atoms with E-state index in [0.717, 1.165) is 6.42 Å². The molecule has 5 nitrogen and oxygen atoms in total. The molecule has 13 heavy (non-hydrogen) atoms. The van der Waals surface area contributed by atoms with Crippen LogP contribution in [0.15, 0.2) is 5.10 Å². The Morgan fingerprint density at radius 3 is 2.92 bits per heavy atom. The molecule has 1 rings (SSSR count). The van der Waals surface area contributed by atoms with Crippen molar-refractivity contribution in [1.29, 1.82) is 0 Å². The topological polar surface area (TPSA) is 70.0 Å². The van der Waals surface area contributed by atoms with E-state index in [1.165, 1.54) is 5.01 Å². The summed E-state index contributed by atoms with van der Waals surface area (Å²) in [5.41, 5.74) is 0.450. The lowest BCUT2D eigenvalue weighted by molar-refractivity contribution is -0.135. The molecule has 0 aromatic heterocycles. The molecule has 0 aromatic rings. The quantitative estimate of drug-likeness (QED) is 0.690. The molecule has 0 aliphatic carbocycles. The van der Waals surface area contributed by atoms with Gasteiger partial charge in [-0.3, -0.25) is 9.59 Å². The van der Waals surface area contributed by atoms with Crippen LogP contribution in [-0.2, 0) is 9.59 Å². The molecule has 5 heteroatoms. The maximum Gasteiger partial charge on any atom is 0.309 e. The lowest BCUT2D eigenvalue weighted by atomic mass is 10.2. The Bertz CT molecular complexity index is 260. The first-order valence-electron chi connectivity index (χ1n) is 4.22. The van der Waals surface area contributed by atoms with Crippen LogP contribution in [0.25, 0.3) is 0 Å². The predicted octanol–water partition coefficient (Wildman–Crippen LogP) is 0.459. The highest BCUT2D eigenvalue weighted by molar-refractivity contribution is 6.10. The van der Waals surface area contributed by atoms with Gasteiger partial charge in [0.05, 0.1) is 18.6 Å². The van der Waals surface area contributed by atoms with E-state index < -0.39 is 5.97 Å². The maximum absolute atomic E-state index is 11.2. The van der Waals surface area contributed by atoms with Crippen LogP contribution in [0.3, 0.4) is 0 Å². The second-order valence-electron chi connectivity index (χ2n) is 2.93. The van der Waals surface area contributed by atoms with Crippen LogP contribution in [0.4, 0.5) is 0 Å². The van der Waals surface area contributed by atoms with E-state index in [9.17, 15) is 9.59 Å². The number of carbonyl (C=O) groups excluding carboxylic acids is 1. The fourth-order valence-electron chi connectivity index (χ4n) is 1.19. The molecular formula is C8H12N2O3. The number of hydrogen-bond acceptors (Lipinski definition) is 3. The van der Waals surface area contributed by atoms with E-state index in [1.54, 1.807) is 0 Å². The van der Waals surface area contributed by atoms with Gasteiger partial charge in [-0.15, -0.1) is 0 Å². The smallest absolute Gasteiger partial charge is 0.309 e. The third-order valence-electron chi connectivity index (χ3n) is 1.70. The molecule has 1 amide bonds. The van der Waals surface area contributed by atoms with Gasteiger partial charge in [0.15, 0.2) is 0 Å². The highest BCUT2D eigenvalue weighted by Gasteiger charge is 2.23. The first-order chi connectivity index (χ1) is 6.13. The molecule has 0 atom stereocenters. The van der Waals surface area contributed by atoms with Crippen molar-refractivity contribution in [2.24, 2.45) is 5.10 Å². The van der Waals surface area contributed by atoms with Gasteiger partial charge in [0.1, 0.15) is 0 Å². The summed E-state index contributed by atoms with van der Waals surface area (Å²) in [4.78, 5) is 21.5. The zero-order valence-corrected chi connectivity index (χ0v) is 7.49. The molecule has 0 fully saturated rings. The van der Waals surface area contributed by atoms with Crippen LogP contribution < -0.4 is 0 Å². The van der Waals surface area contributed by atoms with Gasteiger partial charge in [-0.05, 0) is 6.42 Å². The van der Waals surface area contributed by atoms with Crippen molar-refractivity contribution in [3.63, 3.8) is 0 Å². The molecule has 1 aliphatic heterocycles. The zero-order valence-electron chi connectivity index (χ0n) is 7.49. The van der Waals surface area contributed by atoms with Crippen molar-refractivity contribution in [3.05, 3.63) is 0 Å². The predicted molar refractivity (Wildman–Crippen MR) is 46.3 cm³/mol. The average Bonchev–Trinajstić information content (AvgIpc) is 2.31. The molecule has 0 unspecified atom stereocenters. The summed E-state index contributed by atoms with van der Waals surface area (Å²) in [5, 5.41) is 13.7. The van der Waals surface area contributed by atoms with Crippen molar-refractivity contribution < 1.29 is 14.7 Å². The molecule has 1 heterocycles. The molecule has 0 saturated heterocycles. The van der Waals surface area contributed by atoms with Gasteiger partial charge in [0.2, 0.25) is 5.91 Å². The minimum Gasteiger partial charge on any atom is -0.481 e. The van der Waals surface area contributed by atoms with Crippen molar-refractivity contribution >= 4 is 17.6 Å². The summed E-state index contributed by atoms with van der Waals surface area (Å²) in [6, 6.07) is 0. The molecular weight excluding hydrogens is 172 g/mol. The van der Waals surface area contributed by atoms with Crippen molar-refractivity contribution in [1.82, 2.24) is 5.01 Å². The monoisotopic (exact) mass is 184 g/mol. The van der Waals surface area contributed by atoms with Crippen LogP contribution in [0, 0.1) is 0 Å². The van der Waals surface area contributed by atoms with Gasteiger partial charge in [-0.1, -0.05) is 6.92 Å². The Balaban J connectivity index is 2.55. The second-order valence-corrected chi connectivity index (χ2v) is 2.93. The molecule has 72 valence electrons. The lowest BCUT2D eigenvalue weighted by Gasteiger charge is -2.08. The molecule has 0 radical (unpaired) electrons. The minimum absolute atomic E-state index is 0.0990. The van der Waals surface area contributed by atoms with E-state index >= 15 is 0 Å². The van der Waals surface area contributed by atoms with Gasteiger partial charge in [0.25, 0.3) is 0 Å². The first kappa shape index (κ1) is 9.70. The van der Waals surface area contributed by atoms with E-state index in [4.69, 9.17) is 5.11 Å². The van der Waals surface area contributed by atoms with Crippen LogP contribution in [-0.4, -0.2) is 34.2 Å². The number of carboxylic acids is 1. The van der Waals surface area contributed by atoms with Gasteiger partial charge in [-0.25, -0.2) is 5.01 Å². The fraction of sp³-hybridized carbons (Fsp3) is 0.625. The highest BCUT2D eigenvalue weighted by atomic mass is 16.4. The van der Waals surface area contributed by atoms with Gasteiger partial charge < -0.3 is 5.11 Å². The fourth-order valence-corrected chi connectivity index (χ4v) is 1.19. The van der Waals surface area contributed by atoms with E-state index in [-0.39, 0.29) is 18.7 Å². The molecule has 1 aliphatic rings. The van der Waals surface area contributed by atoms with Crippen LogP contribution in [0.2, 0.25) is 0 Å². The number of carbonyl (C=O) groups is 2. The number of amides is 1. The Kier molecular flexibility index (Phi) is 3.00. The Morgan fingerprint density at radius 1 is 1.69 bits per heavy atom. The number of rotatable bonds is 4. The summed E-state index contributed by atoms with van der Waals surface area (Å²) in [5.74, 6) is -1.04. The second kappa shape index (κ2) is 4.02. The standard InChI is InChI=1S/C8H12N2O3/c1-2-3-10-7(11)4-6(9-10)5-8(12)13/h2-5H2,1H3,(H,12,13). The van der Waals surface area contributed by atoms with Gasteiger partial charge in [-0.2, -0.15) is 5.10 Å². The Hall–Kier alpha value is -1.39. The normalized spacial score (nSPS) is 16.2. The third kappa shape index (κ3) is 2.54. The molecule has 0 bridgehead atoms. The molecule has 0 aromatic carbocycles. The number of carboxylic acid groups (broad SMARTS) is 1. The van der Waals surface area contributed by atoms with Crippen LogP contribution in [0.5, 0.6) is 0 Å². The molecule has 0 saturated carbocycles. The van der Waals surface area contributed by atoms with E-state index in [0.29, 0.717) is 12.3 Å². The first-order valence-corrected chi connectivity index (χ1v) is 4.22. The summed E-state index contributed by atoms with van der Waals surface area (Å²) < 4.78 is 0. The largest absolute Gasteiger partial charge is 0.481 e. The van der Waals surface area contributed by atoms with Crippen LogP contribution >= 0.6 is 0 Å². The minimum atomic E-state index is -0.940. The zero-order chi connectivity index (χ0) is 9.84. The third-order valence-corrected chi connectivity index (χ3v) is 1.70. The van der Waals surface area contributed by atoms with Crippen molar-refractivity contribution in [3.8, 4) is 0 Å². The summed E-state index contributed by atoms with van der Waals surface area (Å²) in [6.45, 7) is 2.51. The van der Waals surface area contributed by atoms with E-state index in [1.807, 2.05) is 6.92 Å². The Labute approximate surface area is 76.0 Å². The SMILES string of the molecule is CCCN1N=C(CC(=O)O)CC1=O. The van der Waals surface area contributed by atoms with Gasteiger partial charge >= 0.3 is 5.97 Å². The van der Waals surface area contributed by atoms with Crippen LogP contribution in [0.1, 0.15) is 26.2 Å². The number of hydrazone groups is 1. The number of nitrogens with zero attached hydrogens (tertiary/aromatic N) is 2. The summed E-state index contributed by atoms with van der Waals surface area (Å²) in [6.07, 6.45) is 0.855. The Morgan fingerprint density at radius 2 is 2.38 bits per heavy atom. The molecule has 0 spiro atoms.